The van der Waals surface area contributed by atoms with Crippen LogP contribution in [0.5, 0.6) is 0 Å². The van der Waals surface area contributed by atoms with Gasteiger partial charge in [0.05, 0.1) is 16.1 Å². The van der Waals surface area contributed by atoms with Crippen molar-refractivity contribution < 1.29 is 9.18 Å². The fraction of sp³-hybridized carbons (Fsp3) is 0.308. The van der Waals surface area contributed by atoms with E-state index in [-0.39, 0.29) is 27.2 Å². The van der Waals surface area contributed by atoms with Crippen LogP contribution in [0, 0.1) is 17.1 Å². The number of hydrogen-bond donors (Lipinski definition) is 1. The van der Waals surface area contributed by atoms with E-state index in [0.717, 1.165) is 16.7 Å². The molecule has 1 fully saturated rings. The van der Waals surface area contributed by atoms with Crippen LogP contribution in [-0.4, -0.2) is 22.8 Å². The number of benzene rings is 1. The number of thiocarbonyl (C=S) groups is 1. The molecule has 20 heavy (non-hydrogen) atoms. The number of halogens is 1. The largest absolute Gasteiger partial charge is 0.348 e. The molecule has 0 aliphatic carbocycles. The molecule has 0 unspecified atom stereocenters. The molecule has 1 aromatic rings. The average Bonchev–Trinajstić information content (AvgIpc) is 2.59. The maximum absolute atomic E-state index is 14.5. The molecule has 1 aliphatic rings. The van der Waals surface area contributed by atoms with E-state index in [1.807, 2.05) is 6.07 Å². The lowest BCUT2D eigenvalue weighted by Crippen LogP contribution is -2.40. The standard InChI is InChI=1S/C13H12FN3OS2/c1-13(2)11(18)17(12(19)16-13)8-5-4-7(6-15)10(20-3)9(8)14/h4-5H,1-3H3,(H,16,19). The quantitative estimate of drug-likeness (QED) is 0.671. The highest BCUT2D eigenvalue weighted by atomic mass is 32.2. The van der Waals surface area contributed by atoms with Crippen molar-refractivity contribution in [2.75, 3.05) is 11.2 Å². The van der Waals surface area contributed by atoms with Gasteiger partial charge in [-0.1, -0.05) is 0 Å². The number of carbonyl (C=O) groups excluding carboxylic acids is 1. The molecule has 0 spiro atoms. The predicted octanol–water partition coefficient (Wildman–Crippen LogP) is 2.42. The molecule has 0 saturated carbocycles. The molecule has 1 aliphatic heterocycles. The number of hydrogen-bond acceptors (Lipinski definition) is 4. The van der Waals surface area contributed by atoms with Crippen molar-refractivity contribution in [3.05, 3.63) is 23.5 Å². The summed E-state index contributed by atoms with van der Waals surface area (Å²) in [4.78, 5) is 13.6. The van der Waals surface area contributed by atoms with Crippen molar-refractivity contribution in [3.8, 4) is 6.07 Å². The van der Waals surface area contributed by atoms with Crippen molar-refractivity contribution in [2.24, 2.45) is 0 Å². The molecule has 1 heterocycles. The summed E-state index contributed by atoms with van der Waals surface area (Å²) in [5, 5.41) is 12.0. The summed E-state index contributed by atoms with van der Waals surface area (Å²) in [5.74, 6) is -0.926. The predicted molar refractivity (Wildman–Crippen MR) is 80.2 cm³/mol. The second-order valence-electron chi connectivity index (χ2n) is 4.79. The first-order valence-corrected chi connectivity index (χ1v) is 7.40. The molecule has 0 bridgehead atoms. The lowest BCUT2D eigenvalue weighted by atomic mass is 10.1. The van der Waals surface area contributed by atoms with Crippen LogP contribution in [0.15, 0.2) is 17.0 Å². The zero-order valence-corrected chi connectivity index (χ0v) is 12.8. The normalized spacial score (nSPS) is 17.1. The van der Waals surface area contributed by atoms with E-state index >= 15 is 0 Å². The third-order valence-electron chi connectivity index (χ3n) is 3.00. The van der Waals surface area contributed by atoms with Crippen LogP contribution in [0.1, 0.15) is 19.4 Å². The van der Waals surface area contributed by atoms with Gasteiger partial charge in [0.15, 0.2) is 10.9 Å². The molecule has 0 atom stereocenters. The van der Waals surface area contributed by atoms with E-state index in [1.54, 1.807) is 20.1 Å². The second kappa shape index (κ2) is 5.04. The molecule has 2 rings (SSSR count). The summed E-state index contributed by atoms with van der Waals surface area (Å²) in [6.07, 6.45) is 1.68. The smallest absolute Gasteiger partial charge is 0.258 e. The minimum absolute atomic E-state index is 0.0708. The first-order valence-electron chi connectivity index (χ1n) is 5.76. The molecule has 1 aromatic carbocycles. The van der Waals surface area contributed by atoms with Crippen molar-refractivity contribution in [2.45, 2.75) is 24.3 Å². The highest BCUT2D eigenvalue weighted by molar-refractivity contribution is 7.98. The molecular weight excluding hydrogens is 297 g/mol. The summed E-state index contributed by atoms with van der Waals surface area (Å²) in [7, 11) is 0. The molecule has 1 N–H and O–H groups in total. The van der Waals surface area contributed by atoms with Crippen LogP contribution in [-0.2, 0) is 4.79 Å². The van der Waals surface area contributed by atoms with E-state index in [1.165, 1.54) is 12.1 Å². The summed E-state index contributed by atoms with van der Waals surface area (Å²) in [6, 6.07) is 4.83. The number of nitrogens with one attached hydrogen (secondary N) is 1. The number of nitrogens with zero attached hydrogens (tertiary/aromatic N) is 2. The molecule has 104 valence electrons. The van der Waals surface area contributed by atoms with Gasteiger partial charge in [-0.3, -0.25) is 9.69 Å². The number of rotatable bonds is 2. The van der Waals surface area contributed by atoms with Gasteiger partial charge in [-0.15, -0.1) is 11.8 Å². The SMILES string of the molecule is CSc1c(C#N)ccc(N2C(=O)C(C)(C)NC2=S)c1F. The first kappa shape index (κ1) is 14.8. The van der Waals surface area contributed by atoms with Crippen molar-refractivity contribution >= 4 is 40.7 Å². The maximum Gasteiger partial charge on any atom is 0.258 e. The van der Waals surface area contributed by atoms with Crippen LogP contribution in [0.3, 0.4) is 0 Å². The number of anilines is 1. The lowest BCUT2D eigenvalue weighted by Gasteiger charge is -2.18. The van der Waals surface area contributed by atoms with Crippen LogP contribution < -0.4 is 10.2 Å². The van der Waals surface area contributed by atoms with Gasteiger partial charge in [0.25, 0.3) is 5.91 Å². The number of thioether (sulfide) groups is 1. The maximum atomic E-state index is 14.5. The molecule has 1 saturated heterocycles. The molecule has 1 amide bonds. The van der Waals surface area contributed by atoms with E-state index in [0.29, 0.717) is 0 Å². The van der Waals surface area contributed by atoms with Gasteiger partial charge >= 0.3 is 0 Å². The van der Waals surface area contributed by atoms with Gasteiger partial charge in [-0.2, -0.15) is 5.26 Å². The minimum Gasteiger partial charge on any atom is -0.348 e. The van der Waals surface area contributed by atoms with Gasteiger partial charge in [-0.25, -0.2) is 4.39 Å². The van der Waals surface area contributed by atoms with Gasteiger partial charge in [0.2, 0.25) is 0 Å². The molecule has 0 radical (unpaired) electrons. The van der Waals surface area contributed by atoms with E-state index < -0.39 is 11.4 Å². The second-order valence-corrected chi connectivity index (χ2v) is 5.99. The number of nitriles is 1. The van der Waals surface area contributed by atoms with Crippen LogP contribution in [0.2, 0.25) is 0 Å². The van der Waals surface area contributed by atoms with Crippen molar-refractivity contribution in [3.63, 3.8) is 0 Å². The van der Waals surface area contributed by atoms with E-state index in [4.69, 9.17) is 17.5 Å². The fourth-order valence-electron chi connectivity index (χ4n) is 1.97. The lowest BCUT2D eigenvalue weighted by molar-refractivity contribution is -0.121. The Kier molecular flexibility index (Phi) is 3.71. The third kappa shape index (κ3) is 2.15. The summed E-state index contributed by atoms with van der Waals surface area (Å²) in [5.41, 5.74) is -0.554. The topological polar surface area (TPSA) is 56.1 Å². The van der Waals surface area contributed by atoms with E-state index in [9.17, 15) is 9.18 Å². The van der Waals surface area contributed by atoms with Crippen molar-refractivity contribution in [1.29, 1.82) is 5.26 Å². The van der Waals surface area contributed by atoms with Gasteiger partial charge < -0.3 is 5.32 Å². The minimum atomic E-state index is -0.864. The Bertz CT molecular complexity index is 652. The Balaban J connectivity index is 2.58. The summed E-state index contributed by atoms with van der Waals surface area (Å²) < 4.78 is 14.5. The van der Waals surface area contributed by atoms with Gasteiger partial charge in [0.1, 0.15) is 11.6 Å². The van der Waals surface area contributed by atoms with Crippen LogP contribution in [0.4, 0.5) is 10.1 Å². The number of amides is 1. The van der Waals surface area contributed by atoms with Crippen LogP contribution >= 0.6 is 24.0 Å². The number of carbonyl (C=O) groups is 1. The Morgan fingerprint density at radius 1 is 1.50 bits per heavy atom. The molecule has 7 heteroatoms. The highest BCUT2D eigenvalue weighted by Gasteiger charge is 2.43. The molecule has 0 aromatic heterocycles. The Labute approximate surface area is 125 Å². The first-order chi connectivity index (χ1) is 9.33. The highest BCUT2D eigenvalue weighted by Crippen LogP contribution is 2.33. The zero-order chi connectivity index (χ0) is 15.1. The Hall–Kier alpha value is -1.65. The monoisotopic (exact) mass is 309 g/mol. The Morgan fingerprint density at radius 3 is 2.60 bits per heavy atom. The zero-order valence-electron chi connectivity index (χ0n) is 11.2. The van der Waals surface area contributed by atoms with Gasteiger partial charge in [-0.05, 0) is 44.5 Å². The van der Waals surface area contributed by atoms with Crippen LogP contribution in [0.25, 0.3) is 0 Å². The molecular formula is C13H12FN3OS2. The van der Waals surface area contributed by atoms with Gasteiger partial charge in [0, 0.05) is 0 Å². The third-order valence-corrected chi connectivity index (χ3v) is 4.09. The van der Waals surface area contributed by atoms with E-state index in [2.05, 4.69) is 5.32 Å². The summed E-state index contributed by atoms with van der Waals surface area (Å²) in [6.45, 7) is 3.36. The molecule has 4 nitrogen and oxygen atoms in total. The summed E-state index contributed by atoms with van der Waals surface area (Å²) >= 11 is 6.23. The van der Waals surface area contributed by atoms with Crippen molar-refractivity contribution in [1.82, 2.24) is 5.32 Å². The fourth-order valence-corrected chi connectivity index (χ4v) is 3.03. The average molecular weight is 309 g/mol. The Morgan fingerprint density at radius 2 is 2.15 bits per heavy atom.